The molecule has 0 radical (unpaired) electrons. The summed E-state index contributed by atoms with van der Waals surface area (Å²) >= 11 is 1.23. The molecule has 1 fully saturated rings. The van der Waals surface area contributed by atoms with Crippen molar-refractivity contribution < 1.29 is 4.74 Å². The van der Waals surface area contributed by atoms with Crippen LogP contribution in [0.15, 0.2) is 30.3 Å². The standard InChI is InChI=1S/C16H22N4OS/c1-13(2)12-21-16-15(17-22-18-16)20-10-8-19(9-11-20)14-6-4-3-5-7-14/h3-7,13H,8-12H2,1-2H3. The molecule has 0 amide bonds. The van der Waals surface area contributed by atoms with Gasteiger partial charge in [-0.05, 0) is 18.1 Å². The molecule has 3 rings (SSSR count). The number of nitrogens with zero attached hydrogens (tertiary/aromatic N) is 4. The molecule has 1 aliphatic rings. The van der Waals surface area contributed by atoms with Crippen molar-refractivity contribution in [3.8, 4) is 5.88 Å². The van der Waals surface area contributed by atoms with Gasteiger partial charge in [0.2, 0.25) is 5.82 Å². The summed E-state index contributed by atoms with van der Waals surface area (Å²) in [5.41, 5.74) is 1.29. The van der Waals surface area contributed by atoms with Gasteiger partial charge in [-0.3, -0.25) is 0 Å². The van der Waals surface area contributed by atoms with Gasteiger partial charge in [0.15, 0.2) is 0 Å². The zero-order valence-corrected chi connectivity index (χ0v) is 13.9. The van der Waals surface area contributed by atoms with Crippen LogP contribution in [0.3, 0.4) is 0 Å². The van der Waals surface area contributed by atoms with E-state index >= 15 is 0 Å². The van der Waals surface area contributed by atoms with E-state index in [9.17, 15) is 0 Å². The van der Waals surface area contributed by atoms with Crippen LogP contribution in [-0.4, -0.2) is 41.5 Å². The number of hydrogen-bond acceptors (Lipinski definition) is 6. The van der Waals surface area contributed by atoms with E-state index in [2.05, 4.69) is 62.7 Å². The third-order valence-corrected chi connectivity index (χ3v) is 4.20. The lowest BCUT2D eigenvalue weighted by Gasteiger charge is -2.36. The fourth-order valence-corrected chi connectivity index (χ4v) is 3.04. The smallest absolute Gasteiger partial charge is 0.270 e. The van der Waals surface area contributed by atoms with Gasteiger partial charge in [-0.15, -0.1) is 4.37 Å². The Hall–Kier alpha value is -1.82. The summed E-state index contributed by atoms with van der Waals surface area (Å²) in [5.74, 6) is 2.08. The van der Waals surface area contributed by atoms with E-state index in [1.54, 1.807) is 0 Å². The summed E-state index contributed by atoms with van der Waals surface area (Å²) in [5, 5.41) is 0. The van der Waals surface area contributed by atoms with Crippen molar-refractivity contribution in [2.75, 3.05) is 42.6 Å². The van der Waals surface area contributed by atoms with E-state index in [0.717, 1.165) is 32.0 Å². The summed E-state index contributed by atoms with van der Waals surface area (Å²) in [4.78, 5) is 4.68. The van der Waals surface area contributed by atoms with Crippen LogP contribution in [0.2, 0.25) is 0 Å². The van der Waals surface area contributed by atoms with Crippen molar-refractivity contribution >= 4 is 23.2 Å². The molecule has 6 heteroatoms. The molecule has 1 saturated heterocycles. The fraction of sp³-hybridized carbons (Fsp3) is 0.500. The van der Waals surface area contributed by atoms with Crippen molar-refractivity contribution in [1.82, 2.24) is 8.75 Å². The van der Waals surface area contributed by atoms with Gasteiger partial charge in [-0.2, -0.15) is 4.37 Å². The SMILES string of the molecule is CC(C)COc1nsnc1N1CCN(c2ccccc2)CC1. The summed E-state index contributed by atoms with van der Waals surface area (Å²) < 4.78 is 14.5. The Morgan fingerprint density at radius 3 is 2.41 bits per heavy atom. The molecule has 0 bridgehead atoms. The summed E-state index contributed by atoms with van der Waals surface area (Å²) in [7, 11) is 0. The lowest BCUT2D eigenvalue weighted by molar-refractivity contribution is 0.263. The molecule has 2 heterocycles. The average molecular weight is 318 g/mol. The molecule has 0 N–H and O–H groups in total. The highest BCUT2D eigenvalue weighted by Gasteiger charge is 2.23. The van der Waals surface area contributed by atoms with Crippen LogP contribution in [0.4, 0.5) is 11.5 Å². The number of piperazine rings is 1. The van der Waals surface area contributed by atoms with Crippen LogP contribution in [0.5, 0.6) is 5.88 Å². The Balaban J connectivity index is 1.61. The highest BCUT2D eigenvalue weighted by Crippen LogP contribution is 2.27. The van der Waals surface area contributed by atoms with Crippen LogP contribution < -0.4 is 14.5 Å². The van der Waals surface area contributed by atoms with Gasteiger partial charge in [-0.1, -0.05) is 32.0 Å². The molecule has 0 unspecified atom stereocenters. The van der Waals surface area contributed by atoms with Gasteiger partial charge in [0.25, 0.3) is 5.88 Å². The molecule has 0 aliphatic carbocycles. The van der Waals surface area contributed by atoms with Gasteiger partial charge in [0.1, 0.15) is 0 Å². The Morgan fingerprint density at radius 1 is 1.05 bits per heavy atom. The predicted molar refractivity (Wildman–Crippen MR) is 91.1 cm³/mol. The van der Waals surface area contributed by atoms with E-state index in [-0.39, 0.29) is 0 Å². The number of rotatable bonds is 5. The van der Waals surface area contributed by atoms with Crippen molar-refractivity contribution in [2.45, 2.75) is 13.8 Å². The predicted octanol–water partition coefficient (Wildman–Crippen LogP) is 2.90. The summed E-state index contributed by atoms with van der Waals surface area (Å²) in [6.45, 7) is 8.83. The number of ether oxygens (including phenoxy) is 1. The van der Waals surface area contributed by atoms with Crippen molar-refractivity contribution in [1.29, 1.82) is 0 Å². The van der Waals surface area contributed by atoms with Gasteiger partial charge in [-0.25, -0.2) is 0 Å². The fourth-order valence-electron chi connectivity index (χ4n) is 2.52. The van der Waals surface area contributed by atoms with Crippen LogP contribution in [0, 0.1) is 5.92 Å². The highest BCUT2D eigenvalue weighted by atomic mass is 32.1. The molecule has 1 aromatic carbocycles. The van der Waals surface area contributed by atoms with Crippen LogP contribution in [-0.2, 0) is 0 Å². The van der Waals surface area contributed by atoms with Gasteiger partial charge < -0.3 is 14.5 Å². The highest BCUT2D eigenvalue weighted by molar-refractivity contribution is 6.99. The number of para-hydroxylation sites is 1. The largest absolute Gasteiger partial charge is 0.474 e. The lowest BCUT2D eigenvalue weighted by Crippen LogP contribution is -2.46. The van der Waals surface area contributed by atoms with Gasteiger partial charge in [0, 0.05) is 31.9 Å². The first-order valence-corrected chi connectivity index (χ1v) is 8.47. The molecule has 0 saturated carbocycles. The number of benzene rings is 1. The quantitative estimate of drug-likeness (QED) is 0.848. The first-order valence-electron chi connectivity index (χ1n) is 7.74. The minimum absolute atomic E-state index is 0.490. The zero-order chi connectivity index (χ0) is 15.4. The Labute approximate surface area is 135 Å². The van der Waals surface area contributed by atoms with E-state index in [4.69, 9.17) is 4.74 Å². The molecule has 5 nitrogen and oxygen atoms in total. The Kier molecular flexibility index (Phi) is 4.77. The Bertz CT molecular complexity index is 579. The Morgan fingerprint density at radius 2 is 1.73 bits per heavy atom. The van der Waals surface area contributed by atoms with Gasteiger partial charge >= 0.3 is 0 Å². The second-order valence-electron chi connectivity index (χ2n) is 5.91. The summed E-state index contributed by atoms with van der Waals surface area (Å²) in [6.07, 6.45) is 0. The maximum absolute atomic E-state index is 5.78. The van der Waals surface area contributed by atoms with E-state index in [1.807, 2.05) is 0 Å². The topological polar surface area (TPSA) is 41.5 Å². The maximum atomic E-state index is 5.78. The normalized spacial score (nSPS) is 15.4. The number of anilines is 2. The third kappa shape index (κ3) is 3.50. The van der Waals surface area contributed by atoms with Crippen molar-refractivity contribution in [2.24, 2.45) is 5.92 Å². The van der Waals surface area contributed by atoms with Crippen molar-refractivity contribution in [3.63, 3.8) is 0 Å². The molecule has 0 atom stereocenters. The van der Waals surface area contributed by atoms with Gasteiger partial charge in [0.05, 0.1) is 18.3 Å². The van der Waals surface area contributed by atoms with E-state index in [0.29, 0.717) is 18.4 Å². The first-order chi connectivity index (χ1) is 10.7. The number of hydrogen-bond donors (Lipinski definition) is 0. The molecule has 0 spiro atoms. The molecular weight excluding hydrogens is 296 g/mol. The second kappa shape index (κ2) is 6.96. The molecule has 1 aliphatic heterocycles. The minimum Gasteiger partial charge on any atom is -0.474 e. The lowest BCUT2D eigenvalue weighted by atomic mass is 10.2. The molecule has 22 heavy (non-hydrogen) atoms. The van der Waals surface area contributed by atoms with Crippen LogP contribution in [0.1, 0.15) is 13.8 Å². The third-order valence-electron chi connectivity index (χ3n) is 3.70. The summed E-state index contributed by atoms with van der Waals surface area (Å²) in [6, 6.07) is 10.6. The number of aromatic nitrogens is 2. The first kappa shape index (κ1) is 15.1. The van der Waals surface area contributed by atoms with Crippen LogP contribution >= 0.6 is 11.7 Å². The molecule has 2 aromatic rings. The van der Waals surface area contributed by atoms with E-state index in [1.165, 1.54) is 17.4 Å². The van der Waals surface area contributed by atoms with E-state index < -0.39 is 0 Å². The maximum Gasteiger partial charge on any atom is 0.270 e. The zero-order valence-electron chi connectivity index (χ0n) is 13.1. The molecule has 118 valence electrons. The average Bonchev–Trinajstić information content (AvgIpc) is 3.02. The molecule has 1 aromatic heterocycles. The second-order valence-corrected chi connectivity index (χ2v) is 6.44. The van der Waals surface area contributed by atoms with Crippen molar-refractivity contribution in [3.05, 3.63) is 30.3 Å². The monoisotopic (exact) mass is 318 g/mol. The molecular formula is C16H22N4OS. The van der Waals surface area contributed by atoms with Crippen LogP contribution in [0.25, 0.3) is 0 Å². The minimum atomic E-state index is 0.490.